The Bertz CT molecular complexity index is 1040. The van der Waals surface area contributed by atoms with E-state index in [-0.39, 0.29) is 11.9 Å². The number of carbonyl (C=O) groups excluding carboxylic acids is 1. The molecule has 0 aliphatic carbocycles. The molecule has 1 amide bonds. The Labute approximate surface area is 150 Å². The molecule has 7 heteroatoms. The Morgan fingerprint density at radius 2 is 2.08 bits per heavy atom. The molecule has 2 heterocycles. The van der Waals surface area contributed by atoms with Gasteiger partial charge in [-0.1, -0.05) is 0 Å². The lowest BCUT2D eigenvalue weighted by atomic mass is 10.1. The van der Waals surface area contributed by atoms with Crippen molar-refractivity contribution in [2.45, 2.75) is 19.4 Å². The summed E-state index contributed by atoms with van der Waals surface area (Å²) in [5.74, 6) is -0.439. The molecule has 1 aromatic heterocycles. The highest BCUT2D eigenvalue weighted by Gasteiger charge is 2.31. The molecular formula is C19H20N4O3. The van der Waals surface area contributed by atoms with Crippen LogP contribution in [0, 0.1) is 0 Å². The molecule has 26 heavy (non-hydrogen) atoms. The summed E-state index contributed by atoms with van der Waals surface area (Å²) in [5.41, 5.74) is 5.18. The number of aromatic nitrogens is 1. The number of oxazole rings is 1. The van der Waals surface area contributed by atoms with Crippen LogP contribution in [0.1, 0.15) is 12.5 Å². The fourth-order valence-corrected chi connectivity index (χ4v) is 3.56. The highest BCUT2D eigenvalue weighted by Crippen LogP contribution is 2.34. The largest absolute Gasteiger partial charge is 0.417 e. The summed E-state index contributed by atoms with van der Waals surface area (Å²) in [6.07, 6.45) is 0.791. The second-order valence-electron chi connectivity index (χ2n) is 6.45. The number of aromatic amines is 1. The molecule has 3 N–H and O–H groups in total. The smallest absolute Gasteiger partial charge is 0.408 e. The monoisotopic (exact) mass is 352 g/mol. The van der Waals surface area contributed by atoms with E-state index in [1.165, 1.54) is 0 Å². The predicted octanol–water partition coefficient (Wildman–Crippen LogP) is 2.55. The molecule has 0 spiro atoms. The number of hydrogen-bond acceptors (Lipinski definition) is 5. The molecule has 2 aromatic carbocycles. The van der Waals surface area contributed by atoms with Crippen molar-refractivity contribution in [3.05, 3.63) is 52.5 Å². The van der Waals surface area contributed by atoms with E-state index < -0.39 is 5.76 Å². The quantitative estimate of drug-likeness (QED) is 0.671. The average Bonchev–Trinajstić information content (AvgIpc) is 3.17. The molecule has 0 saturated carbocycles. The Hall–Kier alpha value is -3.22. The molecule has 0 radical (unpaired) electrons. The first-order chi connectivity index (χ1) is 12.5. The van der Waals surface area contributed by atoms with Gasteiger partial charge in [0.25, 0.3) is 0 Å². The van der Waals surface area contributed by atoms with E-state index in [9.17, 15) is 9.59 Å². The Balaban J connectivity index is 1.54. The summed E-state index contributed by atoms with van der Waals surface area (Å²) in [6, 6.07) is 11.6. The van der Waals surface area contributed by atoms with Gasteiger partial charge in [-0.25, -0.2) is 4.79 Å². The van der Waals surface area contributed by atoms with Crippen LogP contribution in [0.3, 0.4) is 0 Å². The number of nitrogens with zero attached hydrogens (tertiary/aromatic N) is 1. The third-order valence-electron chi connectivity index (χ3n) is 4.75. The van der Waals surface area contributed by atoms with Crippen LogP contribution >= 0.6 is 0 Å². The minimum atomic E-state index is -0.466. The van der Waals surface area contributed by atoms with Crippen molar-refractivity contribution in [1.82, 2.24) is 4.98 Å². The number of fused-ring (bicyclic) bond motifs is 2. The number of hydrogen-bond donors (Lipinski definition) is 3. The van der Waals surface area contributed by atoms with Crippen molar-refractivity contribution in [2.24, 2.45) is 0 Å². The van der Waals surface area contributed by atoms with Gasteiger partial charge >= 0.3 is 5.76 Å². The van der Waals surface area contributed by atoms with Crippen molar-refractivity contribution in [3.8, 4) is 0 Å². The maximum atomic E-state index is 12.2. The first-order valence-corrected chi connectivity index (χ1v) is 8.52. The lowest BCUT2D eigenvalue weighted by molar-refractivity contribution is -0.116. The van der Waals surface area contributed by atoms with Gasteiger partial charge in [0.2, 0.25) is 5.91 Å². The molecular weight excluding hydrogens is 332 g/mol. The van der Waals surface area contributed by atoms with E-state index in [1.54, 1.807) is 19.1 Å². The van der Waals surface area contributed by atoms with Gasteiger partial charge < -0.3 is 20.0 Å². The zero-order valence-electron chi connectivity index (χ0n) is 14.6. The van der Waals surface area contributed by atoms with Gasteiger partial charge in [-0.15, -0.1) is 0 Å². The summed E-state index contributed by atoms with van der Waals surface area (Å²) in [5, 5.41) is 6.49. The lowest BCUT2D eigenvalue weighted by Gasteiger charge is -2.25. The fraction of sp³-hybridized carbons (Fsp3) is 0.263. The van der Waals surface area contributed by atoms with E-state index in [2.05, 4.69) is 21.7 Å². The summed E-state index contributed by atoms with van der Waals surface area (Å²) in [7, 11) is 1.88. The molecule has 1 atom stereocenters. The zero-order valence-corrected chi connectivity index (χ0v) is 14.6. The first-order valence-electron chi connectivity index (χ1n) is 8.52. The van der Waals surface area contributed by atoms with Gasteiger partial charge in [-0.2, -0.15) is 0 Å². The molecule has 1 unspecified atom stereocenters. The third-order valence-corrected chi connectivity index (χ3v) is 4.75. The summed E-state index contributed by atoms with van der Waals surface area (Å²) < 4.78 is 5.09. The van der Waals surface area contributed by atoms with E-state index in [1.807, 2.05) is 30.1 Å². The molecule has 0 saturated heterocycles. The van der Waals surface area contributed by atoms with Crippen LogP contribution in [-0.2, 0) is 11.2 Å². The molecule has 134 valence electrons. The maximum Gasteiger partial charge on any atom is 0.417 e. The van der Waals surface area contributed by atoms with Crippen LogP contribution < -0.4 is 21.3 Å². The van der Waals surface area contributed by atoms with Gasteiger partial charge in [0.05, 0.1) is 11.6 Å². The topological polar surface area (TPSA) is 90.4 Å². The van der Waals surface area contributed by atoms with Crippen LogP contribution in [0.2, 0.25) is 0 Å². The zero-order chi connectivity index (χ0) is 18.3. The number of nitrogens with one attached hydrogen (secondary N) is 3. The van der Waals surface area contributed by atoms with Gasteiger partial charge in [0, 0.05) is 43.6 Å². The van der Waals surface area contributed by atoms with Crippen LogP contribution in [0.25, 0.3) is 11.1 Å². The predicted molar refractivity (Wildman–Crippen MR) is 102 cm³/mol. The lowest BCUT2D eigenvalue weighted by Crippen LogP contribution is -2.40. The maximum absolute atomic E-state index is 12.2. The number of rotatable bonds is 4. The Morgan fingerprint density at radius 3 is 2.85 bits per heavy atom. The summed E-state index contributed by atoms with van der Waals surface area (Å²) in [4.78, 5) is 27.9. The van der Waals surface area contributed by atoms with Gasteiger partial charge in [-0.05, 0) is 42.3 Å². The van der Waals surface area contributed by atoms with Gasteiger partial charge in [0.1, 0.15) is 0 Å². The first kappa shape index (κ1) is 16.3. The molecule has 7 nitrogen and oxygen atoms in total. The normalized spacial score (nSPS) is 15.9. The molecule has 0 bridgehead atoms. The molecule has 0 fully saturated rings. The van der Waals surface area contributed by atoms with Crippen LogP contribution in [0.15, 0.2) is 45.6 Å². The number of carbonyl (C=O) groups is 1. The summed E-state index contributed by atoms with van der Waals surface area (Å²) >= 11 is 0. The molecule has 1 aliphatic heterocycles. The highest BCUT2D eigenvalue weighted by atomic mass is 16.4. The number of benzene rings is 2. The minimum Gasteiger partial charge on any atom is -0.408 e. The van der Waals surface area contributed by atoms with E-state index in [4.69, 9.17) is 4.42 Å². The average molecular weight is 352 g/mol. The second-order valence-corrected chi connectivity index (χ2v) is 6.45. The van der Waals surface area contributed by atoms with Crippen molar-refractivity contribution < 1.29 is 9.21 Å². The molecule has 3 aromatic rings. The standard InChI is InChI=1S/C19H20N4O3/c1-11(24)23-15(8-12-7-13(20-2)4-6-17(12)23)10-21-14-3-5-16-18(9-14)26-19(25)22-16/h3-7,9,15,20-21H,8,10H2,1-2H3,(H,22,25). The Morgan fingerprint density at radius 1 is 1.27 bits per heavy atom. The fourth-order valence-electron chi connectivity index (χ4n) is 3.56. The van der Waals surface area contributed by atoms with Gasteiger partial charge in [0.15, 0.2) is 5.58 Å². The minimum absolute atomic E-state index is 0.0276. The summed E-state index contributed by atoms with van der Waals surface area (Å²) in [6.45, 7) is 2.19. The SMILES string of the molecule is CNc1ccc2c(c1)CC(CNc1ccc3[nH]c(=O)oc3c1)N2C(C)=O. The van der Waals surface area contributed by atoms with Crippen LogP contribution in [0.5, 0.6) is 0 Å². The van der Waals surface area contributed by atoms with Gasteiger partial charge in [-0.3, -0.25) is 9.78 Å². The number of H-pyrrole nitrogens is 1. The van der Waals surface area contributed by atoms with Crippen molar-refractivity contribution >= 4 is 34.1 Å². The van der Waals surface area contributed by atoms with Crippen LogP contribution in [-0.4, -0.2) is 30.5 Å². The Kier molecular flexibility index (Phi) is 3.91. The van der Waals surface area contributed by atoms with E-state index in [0.29, 0.717) is 17.6 Å². The van der Waals surface area contributed by atoms with E-state index in [0.717, 1.165) is 29.0 Å². The highest BCUT2D eigenvalue weighted by molar-refractivity contribution is 5.95. The second kappa shape index (κ2) is 6.25. The van der Waals surface area contributed by atoms with E-state index >= 15 is 0 Å². The van der Waals surface area contributed by atoms with Crippen molar-refractivity contribution in [3.63, 3.8) is 0 Å². The number of anilines is 3. The number of amides is 1. The van der Waals surface area contributed by atoms with Crippen LogP contribution in [0.4, 0.5) is 17.1 Å². The third kappa shape index (κ3) is 2.81. The van der Waals surface area contributed by atoms with Crippen molar-refractivity contribution in [2.75, 3.05) is 29.1 Å². The van der Waals surface area contributed by atoms with Crippen molar-refractivity contribution in [1.29, 1.82) is 0 Å². The molecule has 1 aliphatic rings. The molecule has 4 rings (SSSR count).